The van der Waals surface area contributed by atoms with Crippen molar-refractivity contribution in [1.29, 1.82) is 0 Å². The molecule has 1 amide bonds. The third-order valence-electron chi connectivity index (χ3n) is 7.00. The minimum atomic E-state index is -5.35. The molecular formula is C28H28F6N2O4S. The lowest BCUT2D eigenvalue weighted by Gasteiger charge is -2.27. The predicted octanol–water partition coefficient (Wildman–Crippen LogP) is 6.80. The van der Waals surface area contributed by atoms with E-state index in [4.69, 9.17) is 9.84 Å². The summed E-state index contributed by atoms with van der Waals surface area (Å²) in [6.45, 7) is 0.993. The Morgan fingerprint density at radius 2 is 1.61 bits per heavy atom. The minimum Gasteiger partial charge on any atom is -0.481 e. The van der Waals surface area contributed by atoms with Crippen LogP contribution in [0.3, 0.4) is 0 Å². The zero-order valence-electron chi connectivity index (χ0n) is 21.7. The number of alkyl halides is 6. The summed E-state index contributed by atoms with van der Waals surface area (Å²) in [5.74, 6) is -1.87. The van der Waals surface area contributed by atoms with Crippen molar-refractivity contribution >= 4 is 35.4 Å². The maximum absolute atomic E-state index is 14.2. The van der Waals surface area contributed by atoms with E-state index in [9.17, 15) is 35.9 Å². The van der Waals surface area contributed by atoms with Crippen LogP contribution in [0.2, 0.25) is 0 Å². The SMILES string of the molecule is O=C(/C=C/c1ccc(Sc2cccc(N[C@H]3CC[C@H](C(=O)O)CC3)c2)c(C(F)(F)F)c1C(F)(F)F)N1CCOCC1. The van der Waals surface area contributed by atoms with Crippen LogP contribution in [0.5, 0.6) is 0 Å². The lowest BCUT2D eigenvalue weighted by molar-refractivity contribution is -0.163. The van der Waals surface area contributed by atoms with E-state index in [1.807, 2.05) is 0 Å². The zero-order valence-corrected chi connectivity index (χ0v) is 22.5. The Bertz CT molecular complexity index is 1280. The standard InChI is InChI=1S/C28H28F6N2O4S/c29-27(30,31)24-17(7-11-23(37)36-12-14-40-15-13-36)6-10-22(25(24)28(32,33)34)41-21-3-1-2-20(16-21)35-19-8-4-18(5-9-19)26(38)39/h1-3,6-7,10-11,16,18-19,35H,4-5,8-9,12-15H2,(H,38,39)/b11-7+/t18-,19-. The van der Waals surface area contributed by atoms with Gasteiger partial charge in [0, 0.05) is 40.7 Å². The molecule has 1 heterocycles. The van der Waals surface area contributed by atoms with Gasteiger partial charge >= 0.3 is 18.3 Å². The van der Waals surface area contributed by atoms with Crippen LogP contribution in [0.1, 0.15) is 42.4 Å². The van der Waals surface area contributed by atoms with Gasteiger partial charge in [-0.25, -0.2) is 0 Å². The van der Waals surface area contributed by atoms with Crippen LogP contribution < -0.4 is 5.32 Å². The Morgan fingerprint density at radius 3 is 2.22 bits per heavy atom. The molecule has 13 heteroatoms. The largest absolute Gasteiger partial charge is 0.481 e. The molecule has 0 unspecified atom stereocenters. The van der Waals surface area contributed by atoms with Crippen LogP contribution in [0, 0.1) is 5.92 Å². The number of amides is 1. The second-order valence-corrected chi connectivity index (χ2v) is 10.9. The first-order valence-electron chi connectivity index (χ1n) is 13.0. The fourth-order valence-electron chi connectivity index (χ4n) is 4.96. The number of nitrogens with one attached hydrogen (secondary N) is 1. The van der Waals surface area contributed by atoms with E-state index < -0.39 is 51.7 Å². The minimum absolute atomic E-state index is 0.0281. The number of rotatable bonds is 7. The third kappa shape index (κ3) is 7.97. The van der Waals surface area contributed by atoms with Gasteiger partial charge in [-0.2, -0.15) is 26.3 Å². The lowest BCUT2D eigenvalue weighted by atomic mass is 9.86. The van der Waals surface area contributed by atoms with Gasteiger partial charge in [-0.05, 0) is 61.6 Å². The van der Waals surface area contributed by atoms with Crippen molar-refractivity contribution in [2.24, 2.45) is 5.92 Å². The number of anilines is 1. The summed E-state index contributed by atoms with van der Waals surface area (Å²) in [5.41, 5.74) is -3.87. The number of hydrogen-bond donors (Lipinski definition) is 2. The molecule has 4 rings (SSSR count). The van der Waals surface area contributed by atoms with Crippen molar-refractivity contribution in [3.8, 4) is 0 Å². The summed E-state index contributed by atoms with van der Waals surface area (Å²) in [6.07, 6.45) is -6.86. The average Bonchev–Trinajstić information content (AvgIpc) is 2.91. The van der Waals surface area contributed by atoms with Gasteiger partial charge in [0.2, 0.25) is 5.91 Å². The Balaban J connectivity index is 1.60. The molecule has 1 saturated carbocycles. The van der Waals surface area contributed by atoms with E-state index in [0.29, 0.717) is 48.0 Å². The quantitative estimate of drug-likeness (QED) is 0.268. The molecule has 1 aliphatic carbocycles. The van der Waals surface area contributed by atoms with E-state index in [2.05, 4.69) is 5.32 Å². The molecule has 0 spiro atoms. The van der Waals surface area contributed by atoms with Crippen LogP contribution in [-0.2, 0) is 26.7 Å². The van der Waals surface area contributed by atoms with E-state index >= 15 is 0 Å². The van der Waals surface area contributed by atoms with Crippen molar-refractivity contribution in [3.63, 3.8) is 0 Å². The first kappa shape index (κ1) is 30.8. The number of aliphatic carboxylic acids is 1. The second-order valence-electron chi connectivity index (χ2n) is 9.83. The Kier molecular flexibility index (Phi) is 9.58. The maximum Gasteiger partial charge on any atom is 0.418 e. The highest BCUT2D eigenvalue weighted by Gasteiger charge is 2.46. The Labute approximate surface area is 236 Å². The summed E-state index contributed by atoms with van der Waals surface area (Å²) in [6, 6.07) is 8.22. The van der Waals surface area contributed by atoms with E-state index in [1.54, 1.807) is 18.2 Å². The summed E-state index contributed by atoms with van der Waals surface area (Å²) in [7, 11) is 0. The molecule has 1 saturated heterocycles. The van der Waals surface area contributed by atoms with Crippen LogP contribution in [0.25, 0.3) is 6.08 Å². The molecule has 2 aliphatic rings. The van der Waals surface area contributed by atoms with Gasteiger partial charge in [-0.1, -0.05) is 23.9 Å². The van der Waals surface area contributed by atoms with Gasteiger partial charge in [0.05, 0.1) is 30.3 Å². The molecule has 2 aromatic rings. The number of carbonyl (C=O) groups is 2. The highest BCUT2D eigenvalue weighted by Crippen LogP contribution is 2.48. The molecule has 0 bridgehead atoms. The maximum atomic E-state index is 14.2. The summed E-state index contributed by atoms with van der Waals surface area (Å²) >= 11 is 0.557. The molecule has 2 fully saturated rings. The third-order valence-corrected chi connectivity index (χ3v) is 8.05. The zero-order chi connectivity index (χ0) is 29.8. The molecule has 0 radical (unpaired) electrons. The fraction of sp³-hybridized carbons (Fsp3) is 0.429. The Hall–Kier alpha value is -3.19. The summed E-state index contributed by atoms with van der Waals surface area (Å²) in [5, 5.41) is 12.4. The molecule has 2 N–H and O–H groups in total. The number of hydrogen-bond acceptors (Lipinski definition) is 5. The van der Waals surface area contributed by atoms with Crippen molar-refractivity contribution in [1.82, 2.24) is 4.90 Å². The first-order valence-corrected chi connectivity index (χ1v) is 13.8. The second kappa shape index (κ2) is 12.8. The van der Waals surface area contributed by atoms with Crippen molar-refractivity contribution in [2.75, 3.05) is 31.6 Å². The van der Waals surface area contributed by atoms with Crippen LogP contribution in [-0.4, -0.2) is 54.2 Å². The van der Waals surface area contributed by atoms with Gasteiger partial charge in [0.1, 0.15) is 0 Å². The fourth-order valence-corrected chi connectivity index (χ4v) is 6.00. The molecule has 2 aromatic carbocycles. The van der Waals surface area contributed by atoms with Crippen molar-refractivity contribution in [2.45, 2.75) is 53.9 Å². The van der Waals surface area contributed by atoms with Gasteiger partial charge < -0.3 is 20.1 Å². The average molecular weight is 603 g/mol. The van der Waals surface area contributed by atoms with E-state index in [0.717, 1.165) is 24.3 Å². The number of benzene rings is 2. The van der Waals surface area contributed by atoms with Crippen molar-refractivity contribution in [3.05, 3.63) is 59.2 Å². The number of ether oxygens (including phenoxy) is 1. The molecule has 41 heavy (non-hydrogen) atoms. The Morgan fingerprint density at radius 1 is 0.951 bits per heavy atom. The first-order chi connectivity index (χ1) is 19.3. The summed E-state index contributed by atoms with van der Waals surface area (Å²) in [4.78, 5) is 24.6. The summed E-state index contributed by atoms with van der Waals surface area (Å²) < 4.78 is 90.2. The number of carboxylic acid groups (broad SMARTS) is 1. The van der Waals surface area contributed by atoms with Crippen LogP contribution in [0.15, 0.2) is 52.3 Å². The highest BCUT2D eigenvalue weighted by atomic mass is 32.2. The van der Waals surface area contributed by atoms with Crippen LogP contribution >= 0.6 is 11.8 Å². The number of morpholine rings is 1. The smallest absolute Gasteiger partial charge is 0.418 e. The molecule has 6 nitrogen and oxygen atoms in total. The molecule has 0 aromatic heterocycles. The molecule has 0 atom stereocenters. The lowest BCUT2D eigenvalue weighted by Crippen LogP contribution is -2.39. The number of halogens is 6. The molecule has 222 valence electrons. The van der Waals surface area contributed by atoms with Crippen LogP contribution in [0.4, 0.5) is 32.0 Å². The molecular weight excluding hydrogens is 574 g/mol. The number of carboxylic acids is 1. The van der Waals surface area contributed by atoms with Gasteiger partial charge in [0.15, 0.2) is 0 Å². The predicted molar refractivity (Wildman–Crippen MR) is 140 cm³/mol. The van der Waals surface area contributed by atoms with E-state index in [1.165, 1.54) is 11.0 Å². The van der Waals surface area contributed by atoms with Gasteiger partial charge in [-0.3, -0.25) is 9.59 Å². The normalized spacial score (nSPS) is 20.3. The monoisotopic (exact) mass is 602 g/mol. The van der Waals surface area contributed by atoms with Gasteiger partial charge in [-0.15, -0.1) is 0 Å². The molecule has 1 aliphatic heterocycles. The van der Waals surface area contributed by atoms with E-state index in [-0.39, 0.29) is 32.3 Å². The topological polar surface area (TPSA) is 78.9 Å². The highest BCUT2D eigenvalue weighted by molar-refractivity contribution is 7.99. The van der Waals surface area contributed by atoms with Gasteiger partial charge in [0.25, 0.3) is 0 Å². The number of carbonyl (C=O) groups excluding carboxylic acids is 1. The number of nitrogens with zero attached hydrogens (tertiary/aromatic N) is 1. The van der Waals surface area contributed by atoms with Crippen molar-refractivity contribution < 1.29 is 45.8 Å².